The Bertz CT molecular complexity index is 786. The first kappa shape index (κ1) is 15.4. The first-order valence-electron chi connectivity index (χ1n) is 6.72. The molecule has 2 aromatic heterocycles. The van der Waals surface area contributed by atoms with Gasteiger partial charge in [-0.15, -0.1) is 0 Å². The van der Waals surface area contributed by atoms with Gasteiger partial charge in [0.15, 0.2) is 10.8 Å². The van der Waals surface area contributed by atoms with Crippen molar-refractivity contribution in [2.24, 2.45) is 5.92 Å². The zero-order valence-electron chi connectivity index (χ0n) is 11.5. The summed E-state index contributed by atoms with van der Waals surface area (Å²) in [7, 11) is -3.96. The van der Waals surface area contributed by atoms with Crippen molar-refractivity contribution in [3.63, 3.8) is 0 Å². The number of allylic oxidation sites excluding steroid dienone is 2. The van der Waals surface area contributed by atoms with Crippen LogP contribution < -0.4 is 5.73 Å². The number of hydrogen-bond acceptors (Lipinski definition) is 5. The predicted octanol–water partition coefficient (Wildman–Crippen LogP) is 1.75. The van der Waals surface area contributed by atoms with Crippen LogP contribution >= 0.6 is 19.2 Å². The molecule has 0 saturated heterocycles. The van der Waals surface area contributed by atoms with Gasteiger partial charge in [-0.3, -0.25) is 4.57 Å². The van der Waals surface area contributed by atoms with E-state index in [9.17, 15) is 4.57 Å². The molecule has 118 valence electrons. The summed E-state index contributed by atoms with van der Waals surface area (Å²) < 4.78 is 12.8. The third kappa shape index (κ3) is 3.15. The van der Waals surface area contributed by atoms with Crippen LogP contribution in [0.15, 0.2) is 18.5 Å². The number of imidazole rings is 1. The Kier molecular flexibility index (Phi) is 3.94. The van der Waals surface area contributed by atoms with Gasteiger partial charge in [0.05, 0.1) is 18.5 Å². The summed E-state index contributed by atoms with van der Waals surface area (Å²) in [6.45, 7) is 0. The van der Waals surface area contributed by atoms with Crippen molar-refractivity contribution in [1.29, 1.82) is 0 Å². The van der Waals surface area contributed by atoms with E-state index in [1.807, 2.05) is 16.7 Å². The number of fused-ring (bicyclic) bond motifs is 1. The van der Waals surface area contributed by atoms with E-state index < -0.39 is 7.60 Å². The Morgan fingerprint density at radius 3 is 2.91 bits per heavy atom. The van der Waals surface area contributed by atoms with Gasteiger partial charge in [-0.2, -0.15) is 9.97 Å². The molecule has 0 amide bonds. The average Bonchev–Trinajstić information content (AvgIpc) is 3.01. The summed E-state index contributed by atoms with van der Waals surface area (Å²) in [5, 5.41) is 0.210. The van der Waals surface area contributed by atoms with Crippen LogP contribution in [0, 0.1) is 5.92 Å². The Hall–Kier alpha value is -1.47. The fourth-order valence-electron chi connectivity index (χ4n) is 2.65. The molecule has 10 heteroatoms. The van der Waals surface area contributed by atoms with Crippen molar-refractivity contribution >= 4 is 36.3 Å². The average molecular weight is 344 g/mol. The van der Waals surface area contributed by atoms with E-state index in [0.29, 0.717) is 17.6 Å². The quantitative estimate of drug-likeness (QED) is 0.438. The Balaban J connectivity index is 1.79. The highest BCUT2D eigenvalue weighted by atomic mass is 35.5. The molecule has 8 nitrogen and oxygen atoms in total. The highest BCUT2D eigenvalue weighted by molar-refractivity contribution is 7.51. The van der Waals surface area contributed by atoms with Gasteiger partial charge in [0.2, 0.25) is 5.95 Å². The fraction of sp³-hybridized carbons (Fsp3) is 0.417. The minimum absolute atomic E-state index is 0.0112. The number of aromatic nitrogens is 4. The summed E-state index contributed by atoms with van der Waals surface area (Å²) >= 11 is 6.00. The Morgan fingerprint density at radius 1 is 1.41 bits per heavy atom. The number of nitrogens with zero attached hydrogens (tertiary/aromatic N) is 4. The lowest BCUT2D eigenvalue weighted by atomic mass is 10.1. The van der Waals surface area contributed by atoms with E-state index >= 15 is 0 Å². The molecular formula is C12H15ClN5O3P. The van der Waals surface area contributed by atoms with E-state index in [2.05, 4.69) is 15.0 Å². The van der Waals surface area contributed by atoms with E-state index in [1.54, 1.807) is 6.33 Å². The third-order valence-corrected chi connectivity index (χ3v) is 4.80. The minimum atomic E-state index is -3.96. The van der Waals surface area contributed by atoms with Crippen LogP contribution in [0.2, 0.25) is 5.15 Å². The zero-order chi connectivity index (χ0) is 15.9. The smallest absolute Gasteiger partial charge is 0.325 e. The van der Waals surface area contributed by atoms with Crippen molar-refractivity contribution < 1.29 is 14.4 Å². The number of hydrogen-bond donors (Lipinski definition) is 3. The molecule has 0 saturated carbocycles. The van der Waals surface area contributed by atoms with Gasteiger partial charge in [0, 0.05) is 0 Å². The van der Waals surface area contributed by atoms with Gasteiger partial charge >= 0.3 is 7.60 Å². The van der Waals surface area contributed by atoms with Gasteiger partial charge in [0.1, 0.15) is 5.52 Å². The summed E-state index contributed by atoms with van der Waals surface area (Å²) in [4.78, 5) is 30.2. The molecule has 0 bridgehead atoms. The maximum absolute atomic E-state index is 11.0. The second-order valence-electron chi connectivity index (χ2n) is 5.32. The SMILES string of the molecule is Nc1nc(Cl)c2ncn(C3C=CC(CCP(=O)(O)O)C3)c2n1. The lowest BCUT2D eigenvalue weighted by molar-refractivity contribution is 0.366. The van der Waals surface area contributed by atoms with Crippen LogP contribution in [0.25, 0.3) is 11.2 Å². The topological polar surface area (TPSA) is 127 Å². The predicted molar refractivity (Wildman–Crippen MR) is 82.6 cm³/mol. The third-order valence-electron chi connectivity index (χ3n) is 3.69. The molecule has 2 atom stereocenters. The molecule has 3 rings (SSSR count). The molecule has 0 aromatic carbocycles. The molecule has 0 aliphatic heterocycles. The lowest BCUT2D eigenvalue weighted by Gasteiger charge is -2.14. The van der Waals surface area contributed by atoms with E-state index in [0.717, 1.165) is 6.42 Å². The van der Waals surface area contributed by atoms with Crippen LogP contribution in [-0.4, -0.2) is 35.5 Å². The molecule has 2 heterocycles. The van der Waals surface area contributed by atoms with Crippen LogP contribution in [0.1, 0.15) is 18.9 Å². The second-order valence-corrected chi connectivity index (χ2v) is 7.46. The number of nitrogens with two attached hydrogens (primary N) is 1. The number of anilines is 1. The normalized spacial score (nSPS) is 21.8. The summed E-state index contributed by atoms with van der Waals surface area (Å²) in [5.74, 6) is 0.198. The zero-order valence-corrected chi connectivity index (χ0v) is 13.2. The first-order chi connectivity index (χ1) is 10.3. The number of halogens is 1. The molecule has 22 heavy (non-hydrogen) atoms. The van der Waals surface area contributed by atoms with Crippen LogP contribution in [0.4, 0.5) is 5.95 Å². The van der Waals surface area contributed by atoms with Crippen molar-refractivity contribution in [2.45, 2.75) is 18.9 Å². The van der Waals surface area contributed by atoms with Gasteiger partial charge in [-0.25, -0.2) is 4.98 Å². The summed E-state index contributed by atoms with van der Waals surface area (Å²) in [6, 6.07) is 0.0112. The van der Waals surface area contributed by atoms with Gasteiger partial charge in [-0.1, -0.05) is 23.8 Å². The van der Waals surface area contributed by atoms with E-state index in [-0.39, 0.29) is 29.2 Å². The van der Waals surface area contributed by atoms with Crippen molar-refractivity contribution in [3.05, 3.63) is 23.6 Å². The molecule has 2 aromatic rings. The van der Waals surface area contributed by atoms with Crippen molar-refractivity contribution in [2.75, 3.05) is 11.9 Å². The molecule has 2 unspecified atom stereocenters. The highest BCUT2D eigenvalue weighted by Gasteiger charge is 2.25. The van der Waals surface area contributed by atoms with Crippen molar-refractivity contribution in [3.8, 4) is 0 Å². The maximum Gasteiger partial charge on any atom is 0.325 e. The molecule has 1 aliphatic carbocycles. The van der Waals surface area contributed by atoms with Crippen LogP contribution in [-0.2, 0) is 4.57 Å². The lowest BCUT2D eigenvalue weighted by Crippen LogP contribution is -2.08. The molecule has 0 spiro atoms. The minimum Gasteiger partial charge on any atom is -0.368 e. The van der Waals surface area contributed by atoms with Crippen LogP contribution in [0.5, 0.6) is 0 Å². The first-order valence-corrected chi connectivity index (χ1v) is 8.89. The van der Waals surface area contributed by atoms with Gasteiger partial charge in [0.25, 0.3) is 0 Å². The number of nitrogen functional groups attached to an aromatic ring is 1. The highest BCUT2D eigenvalue weighted by Crippen LogP contribution is 2.39. The van der Waals surface area contributed by atoms with E-state index in [4.69, 9.17) is 27.1 Å². The largest absolute Gasteiger partial charge is 0.368 e. The fourth-order valence-corrected chi connectivity index (χ4v) is 3.54. The molecular weight excluding hydrogens is 329 g/mol. The molecule has 0 fully saturated rings. The summed E-state index contributed by atoms with van der Waals surface area (Å²) in [6.07, 6.45) is 6.65. The van der Waals surface area contributed by atoms with Gasteiger partial charge in [-0.05, 0) is 18.8 Å². The Labute approximate surface area is 131 Å². The van der Waals surface area contributed by atoms with Crippen molar-refractivity contribution in [1.82, 2.24) is 19.5 Å². The Morgan fingerprint density at radius 2 is 2.18 bits per heavy atom. The second kappa shape index (κ2) is 5.62. The molecule has 1 aliphatic rings. The maximum atomic E-state index is 11.0. The molecule has 0 radical (unpaired) electrons. The number of rotatable bonds is 4. The van der Waals surface area contributed by atoms with E-state index in [1.165, 1.54) is 0 Å². The summed E-state index contributed by atoms with van der Waals surface area (Å²) in [5.41, 5.74) is 6.67. The standard InChI is InChI=1S/C12H15ClN5O3P/c13-10-9-11(17-12(14)16-10)18(6-15-9)8-2-1-7(5-8)3-4-22(19,20)21/h1-2,6-8H,3-5H2,(H2,14,16,17)(H2,19,20,21). The molecule has 4 N–H and O–H groups in total. The van der Waals surface area contributed by atoms with Crippen LogP contribution in [0.3, 0.4) is 0 Å². The monoisotopic (exact) mass is 343 g/mol. The van der Waals surface area contributed by atoms with Gasteiger partial charge < -0.3 is 20.1 Å².